The molecule has 94 valence electrons. The van der Waals surface area contributed by atoms with Gasteiger partial charge in [0.05, 0.1) is 11.4 Å². The van der Waals surface area contributed by atoms with Gasteiger partial charge in [-0.2, -0.15) is 0 Å². The molecule has 0 spiro atoms. The highest BCUT2D eigenvalue weighted by molar-refractivity contribution is 5.65. The van der Waals surface area contributed by atoms with Crippen LogP contribution in [0.5, 0.6) is 0 Å². The minimum absolute atomic E-state index is 0.241. The van der Waals surface area contributed by atoms with Gasteiger partial charge in [-0.15, -0.1) is 0 Å². The SMILES string of the molecule is NCc1c(-c2ccc(F)cc2)nc2n1CCCN2. The molecule has 5 heteroatoms. The Morgan fingerprint density at radius 1 is 1.33 bits per heavy atom. The van der Waals surface area contributed by atoms with Gasteiger partial charge in [0, 0.05) is 25.2 Å². The fourth-order valence-electron chi connectivity index (χ4n) is 2.35. The van der Waals surface area contributed by atoms with Crippen LogP contribution >= 0.6 is 0 Å². The van der Waals surface area contributed by atoms with Gasteiger partial charge in [0.15, 0.2) is 0 Å². The van der Waals surface area contributed by atoms with E-state index in [0.717, 1.165) is 42.4 Å². The average molecular weight is 246 g/mol. The van der Waals surface area contributed by atoms with Crippen LogP contribution < -0.4 is 11.1 Å². The first-order chi connectivity index (χ1) is 8.79. The molecule has 3 N–H and O–H groups in total. The molecular weight excluding hydrogens is 231 g/mol. The normalized spacial score (nSPS) is 14.1. The third-order valence-electron chi connectivity index (χ3n) is 3.23. The van der Waals surface area contributed by atoms with Gasteiger partial charge in [-0.1, -0.05) is 0 Å². The Labute approximate surface area is 105 Å². The summed E-state index contributed by atoms with van der Waals surface area (Å²) in [6.45, 7) is 2.30. The first-order valence-corrected chi connectivity index (χ1v) is 6.09. The van der Waals surface area contributed by atoms with Crippen LogP contribution in [0.3, 0.4) is 0 Å². The highest BCUT2D eigenvalue weighted by Gasteiger charge is 2.19. The number of rotatable bonds is 2. The summed E-state index contributed by atoms with van der Waals surface area (Å²) in [6.07, 6.45) is 1.07. The Morgan fingerprint density at radius 3 is 2.83 bits per heavy atom. The summed E-state index contributed by atoms with van der Waals surface area (Å²) < 4.78 is 15.1. The summed E-state index contributed by atoms with van der Waals surface area (Å²) in [6, 6.07) is 6.37. The summed E-state index contributed by atoms with van der Waals surface area (Å²) >= 11 is 0. The predicted molar refractivity (Wildman–Crippen MR) is 68.6 cm³/mol. The fraction of sp³-hybridized carbons (Fsp3) is 0.308. The minimum Gasteiger partial charge on any atom is -0.356 e. The zero-order chi connectivity index (χ0) is 12.5. The molecule has 0 radical (unpaired) electrons. The average Bonchev–Trinajstić information content (AvgIpc) is 2.78. The van der Waals surface area contributed by atoms with Crippen LogP contribution in [0.4, 0.5) is 10.3 Å². The molecule has 0 aliphatic carbocycles. The number of nitrogens with two attached hydrogens (primary N) is 1. The number of benzene rings is 1. The van der Waals surface area contributed by atoms with Crippen LogP contribution in [-0.4, -0.2) is 16.1 Å². The monoisotopic (exact) mass is 246 g/mol. The lowest BCUT2D eigenvalue weighted by Crippen LogP contribution is -2.19. The molecule has 2 aromatic rings. The molecule has 1 aliphatic heterocycles. The number of nitrogens with one attached hydrogen (secondary N) is 1. The van der Waals surface area contributed by atoms with Gasteiger partial charge < -0.3 is 15.6 Å². The van der Waals surface area contributed by atoms with Crippen molar-refractivity contribution in [2.24, 2.45) is 5.73 Å². The topological polar surface area (TPSA) is 55.9 Å². The first kappa shape index (κ1) is 11.2. The van der Waals surface area contributed by atoms with Crippen molar-refractivity contribution in [3.8, 4) is 11.3 Å². The molecule has 0 bridgehead atoms. The molecule has 0 fully saturated rings. The molecule has 1 aliphatic rings. The molecule has 0 saturated carbocycles. The van der Waals surface area contributed by atoms with Crippen LogP contribution in [0.25, 0.3) is 11.3 Å². The number of hydrogen-bond donors (Lipinski definition) is 2. The van der Waals surface area contributed by atoms with Crippen molar-refractivity contribution in [3.05, 3.63) is 35.8 Å². The Morgan fingerprint density at radius 2 is 2.11 bits per heavy atom. The first-order valence-electron chi connectivity index (χ1n) is 6.09. The van der Waals surface area contributed by atoms with Gasteiger partial charge in [0.2, 0.25) is 5.95 Å². The highest BCUT2D eigenvalue weighted by atomic mass is 19.1. The molecule has 0 saturated heterocycles. The fourth-order valence-corrected chi connectivity index (χ4v) is 2.35. The maximum atomic E-state index is 12.9. The second-order valence-electron chi connectivity index (χ2n) is 4.37. The number of anilines is 1. The summed E-state index contributed by atoms with van der Waals surface area (Å²) in [5, 5.41) is 3.26. The van der Waals surface area contributed by atoms with Gasteiger partial charge in [-0.3, -0.25) is 0 Å². The Bertz CT molecular complexity index is 559. The van der Waals surface area contributed by atoms with Crippen LogP contribution in [-0.2, 0) is 13.1 Å². The minimum atomic E-state index is -0.241. The van der Waals surface area contributed by atoms with E-state index in [1.165, 1.54) is 12.1 Å². The van der Waals surface area contributed by atoms with E-state index < -0.39 is 0 Å². The standard InChI is InChI=1S/C13H15FN4/c14-10-4-2-9(3-5-10)12-11(8-15)18-7-1-6-16-13(18)17-12/h2-5H,1,6-8,15H2,(H,16,17). The molecule has 0 unspecified atom stereocenters. The summed E-state index contributed by atoms with van der Waals surface area (Å²) in [5.74, 6) is 0.621. The third-order valence-corrected chi connectivity index (χ3v) is 3.23. The molecular formula is C13H15FN4. The van der Waals surface area contributed by atoms with Crippen molar-refractivity contribution in [2.45, 2.75) is 19.5 Å². The van der Waals surface area contributed by atoms with E-state index in [4.69, 9.17) is 5.73 Å². The number of hydrogen-bond acceptors (Lipinski definition) is 3. The Balaban J connectivity index is 2.11. The molecule has 2 heterocycles. The predicted octanol–water partition coefficient (Wildman–Crippen LogP) is 1.96. The molecule has 1 aromatic carbocycles. The number of imidazole rings is 1. The second kappa shape index (κ2) is 4.42. The van der Waals surface area contributed by atoms with Gasteiger partial charge >= 0.3 is 0 Å². The number of halogens is 1. The van der Waals surface area contributed by atoms with Gasteiger partial charge in [-0.25, -0.2) is 9.37 Å². The lowest BCUT2D eigenvalue weighted by Gasteiger charge is -2.17. The van der Waals surface area contributed by atoms with Crippen LogP contribution in [0.15, 0.2) is 24.3 Å². The molecule has 0 amide bonds. The maximum Gasteiger partial charge on any atom is 0.203 e. The van der Waals surface area contributed by atoms with E-state index in [0.29, 0.717) is 6.54 Å². The van der Waals surface area contributed by atoms with E-state index in [1.54, 1.807) is 12.1 Å². The van der Waals surface area contributed by atoms with Crippen molar-refractivity contribution in [1.29, 1.82) is 0 Å². The molecule has 1 aromatic heterocycles. The number of aromatic nitrogens is 2. The van der Waals surface area contributed by atoms with Crippen molar-refractivity contribution in [3.63, 3.8) is 0 Å². The Hall–Kier alpha value is -1.88. The van der Waals surface area contributed by atoms with Crippen molar-refractivity contribution in [1.82, 2.24) is 9.55 Å². The van der Waals surface area contributed by atoms with E-state index in [9.17, 15) is 4.39 Å². The summed E-state index contributed by atoms with van der Waals surface area (Å²) in [4.78, 5) is 4.57. The number of nitrogens with zero attached hydrogens (tertiary/aromatic N) is 2. The maximum absolute atomic E-state index is 12.9. The second-order valence-corrected chi connectivity index (χ2v) is 4.37. The zero-order valence-corrected chi connectivity index (χ0v) is 9.99. The van der Waals surface area contributed by atoms with E-state index >= 15 is 0 Å². The van der Waals surface area contributed by atoms with Gasteiger partial charge in [-0.05, 0) is 30.7 Å². The number of fused-ring (bicyclic) bond motifs is 1. The Kier molecular flexibility index (Phi) is 2.76. The van der Waals surface area contributed by atoms with E-state index in [1.807, 2.05) is 0 Å². The smallest absolute Gasteiger partial charge is 0.203 e. The van der Waals surface area contributed by atoms with Crippen molar-refractivity contribution < 1.29 is 4.39 Å². The van der Waals surface area contributed by atoms with Crippen molar-refractivity contribution in [2.75, 3.05) is 11.9 Å². The van der Waals surface area contributed by atoms with E-state index in [-0.39, 0.29) is 5.82 Å². The molecule has 0 atom stereocenters. The quantitative estimate of drug-likeness (QED) is 0.851. The molecule has 3 rings (SSSR count). The summed E-state index contributed by atoms with van der Waals surface area (Å²) in [5.41, 5.74) is 8.58. The lowest BCUT2D eigenvalue weighted by molar-refractivity contribution is 0.604. The molecule has 4 nitrogen and oxygen atoms in total. The van der Waals surface area contributed by atoms with Crippen molar-refractivity contribution >= 4 is 5.95 Å². The zero-order valence-electron chi connectivity index (χ0n) is 9.99. The van der Waals surface area contributed by atoms with E-state index in [2.05, 4.69) is 14.9 Å². The highest BCUT2D eigenvalue weighted by Crippen LogP contribution is 2.28. The summed E-state index contributed by atoms with van der Waals surface area (Å²) in [7, 11) is 0. The third kappa shape index (κ3) is 1.76. The molecule has 18 heavy (non-hydrogen) atoms. The van der Waals surface area contributed by atoms with Gasteiger partial charge in [0.25, 0.3) is 0 Å². The van der Waals surface area contributed by atoms with Crippen LogP contribution in [0, 0.1) is 5.82 Å². The lowest BCUT2D eigenvalue weighted by atomic mass is 10.1. The van der Waals surface area contributed by atoms with Crippen LogP contribution in [0.2, 0.25) is 0 Å². The van der Waals surface area contributed by atoms with Crippen LogP contribution in [0.1, 0.15) is 12.1 Å². The largest absolute Gasteiger partial charge is 0.356 e. The van der Waals surface area contributed by atoms with Gasteiger partial charge in [0.1, 0.15) is 5.82 Å².